The van der Waals surface area contributed by atoms with E-state index in [2.05, 4.69) is 43.4 Å². The molecule has 1 N–H and O–H groups in total. The Kier molecular flexibility index (Phi) is 9.25. The van der Waals surface area contributed by atoms with Gasteiger partial charge in [-0.15, -0.1) is 0 Å². The third-order valence-electron chi connectivity index (χ3n) is 6.24. The van der Waals surface area contributed by atoms with Crippen molar-refractivity contribution in [2.24, 2.45) is 5.92 Å². The van der Waals surface area contributed by atoms with E-state index in [0.717, 1.165) is 33.4 Å². The summed E-state index contributed by atoms with van der Waals surface area (Å²) in [5.41, 5.74) is 6.40. The van der Waals surface area contributed by atoms with Crippen LogP contribution < -0.4 is 5.32 Å². The van der Waals surface area contributed by atoms with Gasteiger partial charge in [0.25, 0.3) is 0 Å². The second-order valence-electron chi connectivity index (χ2n) is 9.96. The summed E-state index contributed by atoms with van der Waals surface area (Å²) in [5.74, 6) is 0.178. The lowest BCUT2D eigenvalue weighted by Crippen LogP contribution is -2.51. The lowest BCUT2D eigenvalue weighted by Gasteiger charge is -2.32. The maximum Gasteiger partial charge on any atom is 0.243 e. The van der Waals surface area contributed by atoms with E-state index in [1.54, 1.807) is 4.90 Å². The predicted molar refractivity (Wildman–Crippen MR) is 143 cm³/mol. The highest BCUT2D eigenvalue weighted by Gasteiger charge is 2.30. The minimum absolute atomic E-state index is 0.0409. The molecular formula is C31H38N2O2. The van der Waals surface area contributed by atoms with Gasteiger partial charge in [0.2, 0.25) is 11.8 Å². The lowest BCUT2D eigenvalue weighted by atomic mass is 9.99. The van der Waals surface area contributed by atoms with Crippen molar-refractivity contribution in [1.82, 2.24) is 10.2 Å². The van der Waals surface area contributed by atoms with Crippen LogP contribution in [-0.2, 0) is 29.0 Å². The molecule has 4 heteroatoms. The second kappa shape index (κ2) is 12.3. The summed E-state index contributed by atoms with van der Waals surface area (Å²) < 4.78 is 0. The molecule has 3 aromatic carbocycles. The molecule has 0 aliphatic rings. The van der Waals surface area contributed by atoms with Gasteiger partial charge in [-0.25, -0.2) is 0 Å². The zero-order valence-electron chi connectivity index (χ0n) is 21.7. The Labute approximate surface area is 210 Å². The molecule has 0 saturated heterocycles. The van der Waals surface area contributed by atoms with Crippen molar-refractivity contribution in [1.29, 1.82) is 0 Å². The smallest absolute Gasteiger partial charge is 0.243 e. The summed E-state index contributed by atoms with van der Waals surface area (Å²) in [6.45, 7) is 11.2. The van der Waals surface area contributed by atoms with E-state index < -0.39 is 6.04 Å². The van der Waals surface area contributed by atoms with Crippen LogP contribution in [0.15, 0.2) is 72.8 Å². The molecule has 184 valence electrons. The van der Waals surface area contributed by atoms with Gasteiger partial charge in [0.05, 0.1) is 6.42 Å². The van der Waals surface area contributed by atoms with Gasteiger partial charge in [0.15, 0.2) is 0 Å². The number of carbonyl (C=O) groups excluding carboxylic acids is 2. The molecule has 0 radical (unpaired) electrons. The molecule has 0 aliphatic carbocycles. The van der Waals surface area contributed by atoms with Crippen molar-refractivity contribution in [2.75, 3.05) is 6.54 Å². The highest BCUT2D eigenvalue weighted by molar-refractivity contribution is 5.89. The average Bonchev–Trinajstić information content (AvgIpc) is 2.82. The van der Waals surface area contributed by atoms with Gasteiger partial charge in [-0.05, 0) is 48.9 Å². The summed E-state index contributed by atoms with van der Waals surface area (Å²) in [4.78, 5) is 29.2. The molecule has 0 fully saturated rings. The number of nitrogens with one attached hydrogen (secondary N) is 1. The lowest BCUT2D eigenvalue weighted by molar-refractivity contribution is -0.140. The third kappa shape index (κ3) is 7.81. The van der Waals surface area contributed by atoms with E-state index in [0.29, 0.717) is 25.4 Å². The first kappa shape index (κ1) is 26.2. The molecule has 1 atom stereocenters. The summed E-state index contributed by atoms with van der Waals surface area (Å²) in [7, 11) is 0. The minimum Gasteiger partial charge on any atom is -0.354 e. The van der Waals surface area contributed by atoms with Gasteiger partial charge in [-0.3, -0.25) is 9.59 Å². The molecule has 0 aromatic heterocycles. The first-order valence-corrected chi connectivity index (χ1v) is 12.5. The summed E-state index contributed by atoms with van der Waals surface area (Å²) in [6.07, 6.45) is 0.733. The molecule has 0 aliphatic heterocycles. The van der Waals surface area contributed by atoms with Crippen LogP contribution >= 0.6 is 0 Å². The fourth-order valence-electron chi connectivity index (χ4n) is 4.24. The Balaban J connectivity index is 1.98. The quantitative estimate of drug-likeness (QED) is 0.421. The number of hydrogen-bond acceptors (Lipinski definition) is 2. The van der Waals surface area contributed by atoms with Crippen LogP contribution in [0.3, 0.4) is 0 Å². The van der Waals surface area contributed by atoms with E-state index in [1.807, 2.05) is 69.3 Å². The zero-order chi connectivity index (χ0) is 25.4. The van der Waals surface area contributed by atoms with Crippen LogP contribution in [0.2, 0.25) is 0 Å². The van der Waals surface area contributed by atoms with Crippen LogP contribution in [0.4, 0.5) is 0 Å². The average molecular weight is 471 g/mol. The molecule has 3 aromatic rings. The van der Waals surface area contributed by atoms with Crippen molar-refractivity contribution < 1.29 is 9.59 Å². The number of amides is 2. The van der Waals surface area contributed by atoms with E-state index >= 15 is 0 Å². The fourth-order valence-corrected chi connectivity index (χ4v) is 4.24. The molecule has 1 unspecified atom stereocenters. The molecule has 4 nitrogen and oxygen atoms in total. The maximum absolute atomic E-state index is 13.9. The van der Waals surface area contributed by atoms with Gasteiger partial charge in [-0.2, -0.15) is 0 Å². The molecular weight excluding hydrogens is 432 g/mol. The molecule has 0 heterocycles. The number of aryl methyl sites for hydroxylation is 3. The zero-order valence-corrected chi connectivity index (χ0v) is 21.7. The number of benzene rings is 3. The van der Waals surface area contributed by atoms with E-state index in [4.69, 9.17) is 0 Å². The van der Waals surface area contributed by atoms with Crippen LogP contribution in [-0.4, -0.2) is 29.3 Å². The number of hydrogen-bond donors (Lipinski definition) is 1. The van der Waals surface area contributed by atoms with Crippen LogP contribution in [0, 0.1) is 26.7 Å². The molecule has 3 rings (SSSR count). The second-order valence-corrected chi connectivity index (χ2v) is 9.96. The first-order chi connectivity index (χ1) is 16.7. The van der Waals surface area contributed by atoms with E-state index in [9.17, 15) is 9.59 Å². The Hall–Kier alpha value is -3.40. The number of nitrogens with zero attached hydrogens (tertiary/aromatic N) is 1. The summed E-state index contributed by atoms with van der Waals surface area (Å²) >= 11 is 0. The van der Waals surface area contributed by atoms with Crippen molar-refractivity contribution in [3.8, 4) is 0 Å². The van der Waals surface area contributed by atoms with E-state index in [1.165, 1.54) is 0 Å². The van der Waals surface area contributed by atoms with E-state index in [-0.39, 0.29) is 18.2 Å². The monoisotopic (exact) mass is 470 g/mol. The fraction of sp³-hybridized carbons (Fsp3) is 0.355. The Morgan fingerprint density at radius 1 is 0.829 bits per heavy atom. The Morgan fingerprint density at radius 2 is 1.51 bits per heavy atom. The van der Waals surface area contributed by atoms with Gasteiger partial charge in [0, 0.05) is 19.5 Å². The third-order valence-corrected chi connectivity index (χ3v) is 6.24. The van der Waals surface area contributed by atoms with Gasteiger partial charge in [0.1, 0.15) is 6.04 Å². The van der Waals surface area contributed by atoms with Gasteiger partial charge < -0.3 is 10.2 Å². The van der Waals surface area contributed by atoms with Gasteiger partial charge >= 0.3 is 0 Å². The highest BCUT2D eigenvalue weighted by atomic mass is 16.2. The highest BCUT2D eigenvalue weighted by Crippen LogP contribution is 2.19. The minimum atomic E-state index is -0.603. The molecule has 0 saturated carbocycles. The summed E-state index contributed by atoms with van der Waals surface area (Å²) in [6, 6.07) is 23.7. The van der Waals surface area contributed by atoms with Crippen LogP contribution in [0.5, 0.6) is 0 Å². The number of carbonyl (C=O) groups is 2. The van der Waals surface area contributed by atoms with Gasteiger partial charge in [-0.1, -0.05) is 97.8 Å². The van der Waals surface area contributed by atoms with Crippen LogP contribution in [0.25, 0.3) is 0 Å². The van der Waals surface area contributed by atoms with Crippen molar-refractivity contribution >= 4 is 11.8 Å². The predicted octanol–water partition coefficient (Wildman–Crippen LogP) is 5.57. The Bertz CT molecular complexity index is 1140. The van der Waals surface area contributed by atoms with Crippen LogP contribution in [0.1, 0.15) is 47.2 Å². The molecule has 35 heavy (non-hydrogen) atoms. The van der Waals surface area contributed by atoms with Crippen molar-refractivity contribution in [3.05, 3.63) is 106 Å². The van der Waals surface area contributed by atoms with Crippen molar-refractivity contribution in [2.45, 2.75) is 60.0 Å². The topological polar surface area (TPSA) is 49.4 Å². The largest absolute Gasteiger partial charge is 0.354 e. The molecule has 0 spiro atoms. The molecule has 0 bridgehead atoms. The first-order valence-electron chi connectivity index (χ1n) is 12.5. The SMILES string of the molecule is Cc1cccc(CN(C(=O)Cc2cc(C)ccc2C)C(Cc2ccccc2)C(=O)NCC(C)C)c1. The van der Waals surface area contributed by atoms with Crippen molar-refractivity contribution in [3.63, 3.8) is 0 Å². The maximum atomic E-state index is 13.9. The Morgan fingerprint density at radius 3 is 2.20 bits per heavy atom. The number of rotatable bonds is 10. The normalized spacial score (nSPS) is 11.8. The molecule has 2 amide bonds. The standard InChI is InChI=1S/C31H38N2O2/c1-22(2)20-32-31(35)29(18-26-11-7-6-8-12-26)33(21-27-13-9-10-23(3)16-27)30(34)19-28-17-24(4)14-15-25(28)5/h6-17,22,29H,18-21H2,1-5H3,(H,32,35). The summed E-state index contributed by atoms with van der Waals surface area (Å²) in [5, 5.41) is 3.09.